The zero-order valence-electron chi connectivity index (χ0n) is 7.74. The highest BCUT2D eigenvalue weighted by Gasteiger charge is 2.65. The number of benzene rings is 1. The predicted octanol–water partition coefficient (Wildman–Crippen LogP) is 2.07. The second-order valence-electron chi connectivity index (χ2n) is 4.43. The lowest BCUT2D eigenvalue weighted by Crippen LogP contribution is -2.17. The van der Waals surface area contributed by atoms with Gasteiger partial charge in [-0.05, 0) is 24.3 Å². The fraction of sp³-hybridized carbons (Fsp3) is 0.500. The van der Waals surface area contributed by atoms with Crippen LogP contribution in [0.15, 0.2) is 30.3 Å². The molecule has 2 saturated carbocycles. The van der Waals surface area contributed by atoms with Gasteiger partial charge in [0.05, 0.1) is 0 Å². The lowest BCUT2D eigenvalue weighted by atomic mass is 9.92. The summed E-state index contributed by atoms with van der Waals surface area (Å²) in [6.45, 7) is 0. The van der Waals surface area contributed by atoms with Crippen LogP contribution in [0.4, 0.5) is 0 Å². The van der Waals surface area contributed by atoms with Gasteiger partial charge in [0.25, 0.3) is 0 Å². The topological polar surface area (TPSA) is 26.0 Å². The van der Waals surface area contributed by atoms with E-state index in [2.05, 4.69) is 30.3 Å². The van der Waals surface area contributed by atoms with Crippen molar-refractivity contribution in [2.75, 3.05) is 0 Å². The second kappa shape index (κ2) is 2.36. The van der Waals surface area contributed by atoms with Gasteiger partial charge < -0.3 is 5.73 Å². The molecule has 0 saturated heterocycles. The van der Waals surface area contributed by atoms with Crippen LogP contribution < -0.4 is 5.73 Å². The molecular weight excluding hydrogens is 158 g/mol. The van der Waals surface area contributed by atoms with E-state index >= 15 is 0 Å². The maximum atomic E-state index is 6.14. The van der Waals surface area contributed by atoms with Crippen LogP contribution >= 0.6 is 0 Å². The van der Waals surface area contributed by atoms with E-state index in [0.29, 0.717) is 11.5 Å². The van der Waals surface area contributed by atoms with Crippen LogP contribution in [0.5, 0.6) is 0 Å². The molecule has 3 unspecified atom stereocenters. The molecule has 0 aromatic heterocycles. The largest absolute Gasteiger partial charge is 0.327 e. The SMILES string of the molecule is NC1C2CCCC12c1ccccc1. The Hall–Kier alpha value is -0.820. The molecule has 1 aromatic carbocycles. The van der Waals surface area contributed by atoms with Crippen LogP contribution in [0.2, 0.25) is 0 Å². The molecule has 0 aliphatic heterocycles. The first-order valence-electron chi connectivity index (χ1n) is 5.17. The standard InChI is InChI=1S/C12H15N/c13-11-10-7-4-8-12(10,11)9-5-2-1-3-6-9/h1-3,5-6,10-11H,4,7-8,13H2. The van der Waals surface area contributed by atoms with Gasteiger partial charge in [0.2, 0.25) is 0 Å². The molecule has 0 radical (unpaired) electrons. The van der Waals surface area contributed by atoms with E-state index < -0.39 is 0 Å². The van der Waals surface area contributed by atoms with Gasteiger partial charge in [-0.3, -0.25) is 0 Å². The highest BCUT2D eigenvalue weighted by Crippen LogP contribution is 2.63. The van der Waals surface area contributed by atoms with Gasteiger partial charge in [-0.25, -0.2) is 0 Å². The molecule has 68 valence electrons. The Morgan fingerprint density at radius 1 is 1.23 bits per heavy atom. The van der Waals surface area contributed by atoms with Gasteiger partial charge in [-0.1, -0.05) is 36.8 Å². The molecule has 2 aliphatic carbocycles. The zero-order chi connectivity index (χ0) is 8.89. The van der Waals surface area contributed by atoms with Gasteiger partial charge in [-0.2, -0.15) is 0 Å². The average molecular weight is 173 g/mol. The van der Waals surface area contributed by atoms with E-state index in [1.54, 1.807) is 0 Å². The summed E-state index contributed by atoms with van der Waals surface area (Å²) < 4.78 is 0. The molecule has 1 aromatic rings. The third kappa shape index (κ3) is 0.806. The predicted molar refractivity (Wildman–Crippen MR) is 53.4 cm³/mol. The van der Waals surface area contributed by atoms with Crippen molar-refractivity contribution in [1.82, 2.24) is 0 Å². The van der Waals surface area contributed by atoms with Gasteiger partial charge in [0, 0.05) is 11.5 Å². The molecule has 0 bridgehead atoms. The number of nitrogens with two attached hydrogens (primary N) is 1. The maximum Gasteiger partial charge on any atom is 0.0177 e. The summed E-state index contributed by atoms with van der Waals surface area (Å²) in [5.41, 5.74) is 8.01. The van der Waals surface area contributed by atoms with E-state index in [-0.39, 0.29) is 0 Å². The number of hydrogen-bond acceptors (Lipinski definition) is 1. The minimum atomic E-state index is 0.390. The van der Waals surface area contributed by atoms with Crippen LogP contribution in [0.3, 0.4) is 0 Å². The Labute approximate surface area is 78.9 Å². The Balaban J connectivity index is 2.02. The third-order valence-electron chi connectivity index (χ3n) is 4.00. The van der Waals surface area contributed by atoms with Crippen molar-refractivity contribution < 1.29 is 0 Å². The summed E-state index contributed by atoms with van der Waals surface area (Å²) in [6, 6.07) is 11.3. The van der Waals surface area contributed by atoms with Crippen LogP contribution in [0.1, 0.15) is 24.8 Å². The Bertz CT molecular complexity index is 319. The summed E-state index contributed by atoms with van der Waals surface area (Å²) in [6.07, 6.45) is 4.02. The van der Waals surface area contributed by atoms with E-state index in [1.165, 1.54) is 24.8 Å². The lowest BCUT2D eigenvalue weighted by Gasteiger charge is -2.13. The van der Waals surface area contributed by atoms with Crippen molar-refractivity contribution in [3.63, 3.8) is 0 Å². The summed E-state index contributed by atoms with van der Waals surface area (Å²) in [7, 11) is 0. The van der Waals surface area contributed by atoms with Crippen molar-refractivity contribution in [2.24, 2.45) is 11.7 Å². The molecule has 1 nitrogen and oxygen atoms in total. The van der Waals surface area contributed by atoms with Gasteiger partial charge in [0.1, 0.15) is 0 Å². The van der Waals surface area contributed by atoms with Gasteiger partial charge in [-0.15, -0.1) is 0 Å². The summed E-state index contributed by atoms with van der Waals surface area (Å²) in [5.74, 6) is 0.787. The maximum absolute atomic E-state index is 6.14. The van der Waals surface area contributed by atoms with Crippen molar-refractivity contribution >= 4 is 0 Å². The summed E-state index contributed by atoms with van der Waals surface area (Å²) in [5, 5.41) is 0. The molecule has 2 N–H and O–H groups in total. The molecule has 13 heavy (non-hydrogen) atoms. The second-order valence-corrected chi connectivity index (χ2v) is 4.43. The van der Waals surface area contributed by atoms with Crippen molar-refractivity contribution in [1.29, 1.82) is 0 Å². The van der Waals surface area contributed by atoms with Crippen molar-refractivity contribution in [3.8, 4) is 0 Å². The Kier molecular flexibility index (Phi) is 1.37. The number of fused-ring (bicyclic) bond motifs is 1. The fourth-order valence-corrected chi connectivity index (χ4v) is 3.25. The molecule has 0 spiro atoms. The number of rotatable bonds is 1. The molecule has 0 heterocycles. The summed E-state index contributed by atoms with van der Waals surface area (Å²) in [4.78, 5) is 0. The molecule has 0 amide bonds. The fourth-order valence-electron chi connectivity index (χ4n) is 3.25. The van der Waals surface area contributed by atoms with Crippen molar-refractivity contribution in [3.05, 3.63) is 35.9 Å². The van der Waals surface area contributed by atoms with E-state index in [1.807, 2.05) is 0 Å². The van der Waals surface area contributed by atoms with Crippen LogP contribution in [-0.4, -0.2) is 6.04 Å². The van der Waals surface area contributed by atoms with E-state index in [9.17, 15) is 0 Å². The third-order valence-corrected chi connectivity index (χ3v) is 4.00. The normalized spacial score (nSPS) is 41.6. The Morgan fingerprint density at radius 2 is 2.00 bits per heavy atom. The molecule has 2 fully saturated rings. The van der Waals surface area contributed by atoms with E-state index in [4.69, 9.17) is 5.73 Å². The van der Waals surface area contributed by atoms with Crippen molar-refractivity contribution in [2.45, 2.75) is 30.7 Å². The molecule has 1 heteroatoms. The first-order valence-corrected chi connectivity index (χ1v) is 5.17. The molecule has 2 aliphatic rings. The molecule has 3 rings (SSSR count). The zero-order valence-corrected chi connectivity index (χ0v) is 7.74. The van der Waals surface area contributed by atoms with Gasteiger partial charge in [0.15, 0.2) is 0 Å². The van der Waals surface area contributed by atoms with Crippen LogP contribution in [0, 0.1) is 5.92 Å². The number of hydrogen-bond donors (Lipinski definition) is 1. The quantitative estimate of drug-likeness (QED) is 0.691. The average Bonchev–Trinajstić information content (AvgIpc) is 2.63. The van der Waals surface area contributed by atoms with Crippen LogP contribution in [-0.2, 0) is 5.41 Å². The minimum Gasteiger partial charge on any atom is -0.327 e. The van der Waals surface area contributed by atoms with E-state index in [0.717, 1.165) is 5.92 Å². The highest BCUT2D eigenvalue weighted by molar-refractivity contribution is 5.40. The smallest absolute Gasteiger partial charge is 0.0177 e. The highest BCUT2D eigenvalue weighted by atomic mass is 14.9. The lowest BCUT2D eigenvalue weighted by molar-refractivity contribution is 0.617. The first-order chi connectivity index (χ1) is 6.36. The monoisotopic (exact) mass is 173 g/mol. The van der Waals surface area contributed by atoms with Gasteiger partial charge >= 0.3 is 0 Å². The van der Waals surface area contributed by atoms with Crippen LogP contribution in [0.25, 0.3) is 0 Å². The Morgan fingerprint density at radius 3 is 2.62 bits per heavy atom. The minimum absolute atomic E-state index is 0.390. The molecule has 3 atom stereocenters. The summed E-state index contributed by atoms with van der Waals surface area (Å²) >= 11 is 0. The first kappa shape index (κ1) is 7.57. The molecular formula is C12H15N.